The van der Waals surface area contributed by atoms with Crippen LogP contribution in [-0.2, 0) is 6.54 Å². The van der Waals surface area contributed by atoms with Crippen molar-refractivity contribution in [2.75, 3.05) is 13.1 Å². The summed E-state index contributed by atoms with van der Waals surface area (Å²) in [5, 5.41) is 2.35. The Hall–Kier alpha value is -3.34. The van der Waals surface area contributed by atoms with Crippen LogP contribution in [0.3, 0.4) is 0 Å². The molecule has 5 nitrogen and oxygen atoms in total. The number of piperidine rings is 1. The maximum atomic E-state index is 13.4. The molecule has 5 rings (SSSR count). The maximum absolute atomic E-state index is 13.4. The first-order chi connectivity index (χ1) is 14.3. The van der Waals surface area contributed by atoms with Gasteiger partial charge >= 0.3 is 0 Å². The van der Waals surface area contributed by atoms with E-state index in [1.807, 2.05) is 17.3 Å². The highest BCUT2D eigenvalue weighted by molar-refractivity contribution is 6.06. The molecule has 1 N–H and O–H groups in total. The van der Waals surface area contributed by atoms with Crippen molar-refractivity contribution in [2.24, 2.45) is 0 Å². The first-order valence-corrected chi connectivity index (χ1v) is 10.2. The zero-order chi connectivity index (χ0) is 19.6. The first kappa shape index (κ1) is 17.7. The van der Waals surface area contributed by atoms with Gasteiger partial charge in [0.15, 0.2) is 0 Å². The molecule has 5 heteroatoms. The van der Waals surface area contributed by atoms with Gasteiger partial charge in [-0.05, 0) is 35.6 Å². The molecule has 146 valence electrons. The Labute approximate surface area is 170 Å². The molecule has 2 aromatic heterocycles. The number of H-pyrrole nitrogens is 1. The zero-order valence-corrected chi connectivity index (χ0v) is 16.3. The lowest BCUT2D eigenvalue weighted by Gasteiger charge is -2.26. The molecule has 0 aliphatic carbocycles. The standard InChI is InChI=1S/C24H24N4O/c29-24(28-11-4-1-5-12-28)23-16-27(14-19-13-25-17-26-19)15-22(23)21-10-6-8-18-7-2-3-9-20(18)21/h2-3,6-10,13,15-17H,1,4-5,11-12,14H2,(H,25,26). The van der Waals surface area contributed by atoms with Crippen LogP contribution in [0.2, 0.25) is 0 Å². The number of nitrogens with zero attached hydrogens (tertiary/aromatic N) is 3. The normalized spacial score (nSPS) is 14.4. The maximum Gasteiger partial charge on any atom is 0.256 e. The van der Waals surface area contributed by atoms with E-state index in [2.05, 4.69) is 63.2 Å². The zero-order valence-electron chi connectivity index (χ0n) is 16.3. The predicted octanol–water partition coefficient (Wildman–Crippen LogP) is 4.71. The van der Waals surface area contributed by atoms with Crippen LogP contribution in [0.15, 0.2) is 67.4 Å². The van der Waals surface area contributed by atoms with Crippen molar-refractivity contribution in [2.45, 2.75) is 25.8 Å². The van der Waals surface area contributed by atoms with Crippen LogP contribution >= 0.6 is 0 Å². The molecule has 3 heterocycles. The molecular weight excluding hydrogens is 360 g/mol. The van der Waals surface area contributed by atoms with E-state index in [1.54, 1.807) is 6.33 Å². The van der Waals surface area contributed by atoms with Crippen LogP contribution in [-0.4, -0.2) is 38.4 Å². The molecule has 2 aromatic carbocycles. The van der Waals surface area contributed by atoms with Gasteiger partial charge < -0.3 is 14.5 Å². The van der Waals surface area contributed by atoms with E-state index in [4.69, 9.17) is 0 Å². The molecule has 1 fully saturated rings. The highest BCUT2D eigenvalue weighted by Crippen LogP contribution is 2.33. The number of fused-ring (bicyclic) bond motifs is 1. The van der Waals surface area contributed by atoms with Crippen LogP contribution in [0.25, 0.3) is 21.9 Å². The second kappa shape index (κ2) is 7.59. The second-order valence-corrected chi connectivity index (χ2v) is 7.71. The van der Waals surface area contributed by atoms with Crippen LogP contribution < -0.4 is 0 Å². The lowest BCUT2D eigenvalue weighted by molar-refractivity contribution is 0.0725. The van der Waals surface area contributed by atoms with Crippen molar-refractivity contribution in [3.8, 4) is 11.1 Å². The van der Waals surface area contributed by atoms with E-state index in [1.165, 1.54) is 17.2 Å². The molecule has 1 saturated heterocycles. The number of carbonyl (C=O) groups excluding carboxylic acids is 1. The average Bonchev–Trinajstić information content (AvgIpc) is 3.44. The minimum atomic E-state index is 0.135. The highest BCUT2D eigenvalue weighted by Gasteiger charge is 2.24. The summed E-state index contributed by atoms with van der Waals surface area (Å²) in [6, 6.07) is 14.7. The number of nitrogens with one attached hydrogen (secondary N) is 1. The Morgan fingerprint density at radius 1 is 0.966 bits per heavy atom. The Balaban J connectivity index is 1.62. The molecule has 0 unspecified atom stereocenters. The van der Waals surface area contributed by atoms with E-state index in [9.17, 15) is 4.79 Å². The number of rotatable bonds is 4. The van der Waals surface area contributed by atoms with Gasteiger partial charge in [0.1, 0.15) is 0 Å². The van der Waals surface area contributed by atoms with E-state index in [0.29, 0.717) is 6.54 Å². The summed E-state index contributed by atoms with van der Waals surface area (Å²) in [4.78, 5) is 22.7. The Bertz CT molecular complexity index is 1130. The van der Waals surface area contributed by atoms with Crippen molar-refractivity contribution < 1.29 is 4.79 Å². The lowest BCUT2D eigenvalue weighted by Crippen LogP contribution is -2.35. The summed E-state index contributed by atoms with van der Waals surface area (Å²) >= 11 is 0. The van der Waals surface area contributed by atoms with E-state index in [-0.39, 0.29) is 5.91 Å². The highest BCUT2D eigenvalue weighted by atomic mass is 16.2. The Morgan fingerprint density at radius 2 is 1.79 bits per heavy atom. The van der Waals surface area contributed by atoms with Crippen molar-refractivity contribution in [1.29, 1.82) is 0 Å². The monoisotopic (exact) mass is 384 g/mol. The van der Waals surface area contributed by atoms with Gasteiger partial charge in [0.25, 0.3) is 5.91 Å². The molecule has 1 aliphatic heterocycles. The first-order valence-electron chi connectivity index (χ1n) is 10.2. The van der Waals surface area contributed by atoms with Crippen LogP contribution in [0, 0.1) is 0 Å². The van der Waals surface area contributed by atoms with Gasteiger partial charge in [-0.2, -0.15) is 0 Å². The molecular formula is C24H24N4O. The molecule has 1 aliphatic rings. The van der Waals surface area contributed by atoms with Crippen molar-refractivity contribution in [3.63, 3.8) is 0 Å². The van der Waals surface area contributed by atoms with Crippen molar-refractivity contribution >= 4 is 16.7 Å². The third-order valence-corrected chi connectivity index (χ3v) is 5.74. The van der Waals surface area contributed by atoms with Gasteiger partial charge in [0.05, 0.1) is 24.1 Å². The SMILES string of the molecule is O=C(c1cn(Cc2cnc[nH]2)cc1-c1cccc2ccccc12)N1CCCCC1. The Morgan fingerprint density at radius 3 is 2.62 bits per heavy atom. The molecule has 4 aromatic rings. The fourth-order valence-electron chi connectivity index (χ4n) is 4.28. The van der Waals surface area contributed by atoms with Gasteiger partial charge in [0, 0.05) is 37.2 Å². The molecule has 0 radical (unpaired) electrons. The summed E-state index contributed by atoms with van der Waals surface area (Å²) in [5.74, 6) is 0.135. The summed E-state index contributed by atoms with van der Waals surface area (Å²) in [6.45, 7) is 2.35. The number of likely N-dealkylation sites (tertiary alicyclic amines) is 1. The minimum Gasteiger partial charge on any atom is -0.347 e. The number of benzene rings is 2. The van der Waals surface area contributed by atoms with Gasteiger partial charge in [-0.15, -0.1) is 0 Å². The molecule has 0 bridgehead atoms. The largest absolute Gasteiger partial charge is 0.347 e. The third-order valence-electron chi connectivity index (χ3n) is 5.74. The predicted molar refractivity (Wildman–Crippen MR) is 115 cm³/mol. The second-order valence-electron chi connectivity index (χ2n) is 7.71. The topological polar surface area (TPSA) is 53.9 Å². The minimum absolute atomic E-state index is 0.135. The number of carbonyl (C=O) groups is 1. The van der Waals surface area contributed by atoms with Gasteiger partial charge in [-0.25, -0.2) is 4.98 Å². The molecule has 1 amide bonds. The van der Waals surface area contributed by atoms with E-state index < -0.39 is 0 Å². The van der Waals surface area contributed by atoms with E-state index >= 15 is 0 Å². The van der Waals surface area contributed by atoms with Gasteiger partial charge in [-0.1, -0.05) is 42.5 Å². The van der Waals surface area contributed by atoms with Crippen molar-refractivity contribution in [3.05, 3.63) is 78.6 Å². The quantitative estimate of drug-likeness (QED) is 0.554. The molecule has 29 heavy (non-hydrogen) atoms. The molecule has 0 saturated carbocycles. The van der Waals surface area contributed by atoms with Crippen LogP contribution in [0.5, 0.6) is 0 Å². The van der Waals surface area contributed by atoms with Gasteiger partial charge in [0.2, 0.25) is 0 Å². The number of aromatic amines is 1. The number of amides is 1. The van der Waals surface area contributed by atoms with Gasteiger partial charge in [-0.3, -0.25) is 4.79 Å². The average molecular weight is 384 g/mol. The van der Waals surface area contributed by atoms with Crippen LogP contribution in [0.4, 0.5) is 0 Å². The lowest BCUT2D eigenvalue weighted by atomic mass is 9.97. The smallest absolute Gasteiger partial charge is 0.256 e. The Kier molecular flexibility index (Phi) is 4.64. The fourth-order valence-corrected chi connectivity index (χ4v) is 4.28. The van der Waals surface area contributed by atoms with Crippen LogP contribution in [0.1, 0.15) is 35.3 Å². The summed E-state index contributed by atoms with van der Waals surface area (Å²) < 4.78 is 2.09. The van der Waals surface area contributed by atoms with E-state index in [0.717, 1.165) is 48.3 Å². The number of aromatic nitrogens is 3. The number of hydrogen-bond donors (Lipinski definition) is 1. The molecule has 0 spiro atoms. The van der Waals surface area contributed by atoms with Crippen molar-refractivity contribution in [1.82, 2.24) is 19.4 Å². The number of imidazole rings is 1. The third kappa shape index (κ3) is 3.44. The number of hydrogen-bond acceptors (Lipinski definition) is 2. The molecule has 0 atom stereocenters. The fraction of sp³-hybridized carbons (Fsp3) is 0.250. The summed E-state index contributed by atoms with van der Waals surface area (Å²) in [7, 11) is 0. The summed E-state index contributed by atoms with van der Waals surface area (Å²) in [6.07, 6.45) is 11.0. The summed E-state index contributed by atoms with van der Waals surface area (Å²) in [5.41, 5.74) is 3.90.